The minimum atomic E-state index is -0.117. The highest BCUT2D eigenvalue weighted by atomic mass is 16.5. The van der Waals surface area contributed by atoms with E-state index in [9.17, 15) is 0 Å². The lowest BCUT2D eigenvalue weighted by atomic mass is 10.1. The molecule has 1 aliphatic heterocycles. The van der Waals surface area contributed by atoms with Gasteiger partial charge in [-0.15, -0.1) is 0 Å². The summed E-state index contributed by atoms with van der Waals surface area (Å²) in [4.78, 5) is 4.81. The van der Waals surface area contributed by atoms with Gasteiger partial charge in [0.25, 0.3) is 0 Å². The lowest BCUT2D eigenvalue weighted by Gasteiger charge is -2.35. The van der Waals surface area contributed by atoms with E-state index in [0.717, 1.165) is 39.4 Å². The van der Waals surface area contributed by atoms with Crippen LogP contribution in [0.25, 0.3) is 0 Å². The third-order valence-corrected chi connectivity index (χ3v) is 3.04. The standard InChI is InChI=1S/C12H27N3O/c1-11(14(4)10-12(2,3)13)9-15-5-7-16-8-6-15/h11H,5-10,13H2,1-4H3. The smallest absolute Gasteiger partial charge is 0.0594 e. The quantitative estimate of drug-likeness (QED) is 0.740. The molecule has 1 aliphatic rings. The zero-order valence-electron chi connectivity index (χ0n) is 11.2. The number of hydrogen-bond donors (Lipinski definition) is 1. The van der Waals surface area contributed by atoms with Crippen LogP contribution in [0, 0.1) is 0 Å². The number of morpholine rings is 1. The normalized spacial score (nSPS) is 21.4. The molecule has 0 aromatic rings. The first kappa shape index (κ1) is 13.9. The number of rotatable bonds is 5. The topological polar surface area (TPSA) is 41.7 Å². The van der Waals surface area contributed by atoms with E-state index in [0.29, 0.717) is 6.04 Å². The Morgan fingerprint density at radius 2 is 1.94 bits per heavy atom. The maximum atomic E-state index is 6.03. The SMILES string of the molecule is CC(CN1CCOCC1)N(C)CC(C)(C)N. The van der Waals surface area contributed by atoms with Crippen molar-refractivity contribution >= 4 is 0 Å². The maximum absolute atomic E-state index is 6.03. The van der Waals surface area contributed by atoms with Gasteiger partial charge < -0.3 is 15.4 Å². The molecule has 1 unspecified atom stereocenters. The van der Waals surface area contributed by atoms with E-state index in [2.05, 4.69) is 37.6 Å². The molecule has 96 valence electrons. The Hall–Kier alpha value is -0.160. The molecule has 0 aromatic carbocycles. The highest BCUT2D eigenvalue weighted by Crippen LogP contribution is 2.06. The van der Waals surface area contributed by atoms with Crippen molar-refractivity contribution in [3.63, 3.8) is 0 Å². The van der Waals surface area contributed by atoms with Crippen LogP contribution in [-0.2, 0) is 4.74 Å². The molecule has 0 aliphatic carbocycles. The average Bonchev–Trinajstić information content (AvgIpc) is 2.16. The monoisotopic (exact) mass is 229 g/mol. The predicted octanol–water partition coefficient (Wildman–Crippen LogP) is 0.376. The third-order valence-electron chi connectivity index (χ3n) is 3.04. The van der Waals surface area contributed by atoms with E-state index in [1.807, 2.05) is 0 Å². The molecule has 0 bridgehead atoms. The summed E-state index contributed by atoms with van der Waals surface area (Å²) in [7, 11) is 2.15. The second kappa shape index (κ2) is 5.96. The van der Waals surface area contributed by atoms with Gasteiger partial charge in [0.2, 0.25) is 0 Å². The summed E-state index contributed by atoms with van der Waals surface area (Å²) in [5.41, 5.74) is 5.92. The molecule has 0 saturated carbocycles. The summed E-state index contributed by atoms with van der Waals surface area (Å²) < 4.78 is 5.35. The van der Waals surface area contributed by atoms with Gasteiger partial charge in [0.05, 0.1) is 13.2 Å². The van der Waals surface area contributed by atoms with Crippen LogP contribution in [0.2, 0.25) is 0 Å². The Balaban J connectivity index is 2.29. The maximum Gasteiger partial charge on any atom is 0.0594 e. The molecule has 16 heavy (non-hydrogen) atoms. The van der Waals surface area contributed by atoms with Gasteiger partial charge in [0.15, 0.2) is 0 Å². The van der Waals surface area contributed by atoms with Gasteiger partial charge in [-0.3, -0.25) is 4.90 Å². The Morgan fingerprint density at radius 1 is 1.38 bits per heavy atom. The average molecular weight is 229 g/mol. The zero-order chi connectivity index (χ0) is 12.2. The van der Waals surface area contributed by atoms with Crippen LogP contribution in [0.15, 0.2) is 0 Å². The summed E-state index contributed by atoms with van der Waals surface area (Å²) >= 11 is 0. The minimum absolute atomic E-state index is 0.117. The molecule has 0 aromatic heterocycles. The van der Waals surface area contributed by atoms with Crippen LogP contribution in [0.1, 0.15) is 20.8 Å². The fourth-order valence-corrected chi connectivity index (χ4v) is 2.10. The summed E-state index contributed by atoms with van der Waals surface area (Å²) in [6.45, 7) is 12.3. The number of hydrogen-bond acceptors (Lipinski definition) is 4. The highest BCUT2D eigenvalue weighted by Gasteiger charge is 2.20. The minimum Gasteiger partial charge on any atom is -0.379 e. The zero-order valence-corrected chi connectivity index (χ0v) is 11.2. The summed E-state index contributed by atoms with van der Waals surface area (Å²) in [5, 5.41) is 0. The predicted molar refractivity (Wildman–Crippen MR) is 67.6 cm³/mol. The lowest BCUT2D eigenvalue weighted by Crippen LogP contribution is -2.50. The van der Waals surface area contributed by atoms with Gasteiger partial charge in [-0.25, -0.2) is 0 Å². The van der Waals surface area contributed by atoms with E-state index in [1.54, 1.807) is 0 Å². The Labute approximate surface area is 99.7 Å². The van der Waals surface area contributed by atoms with Crippen molar-refractivity contribution in [1.82, 2.24) is 9.80 Å². The molecule has 1 atom stereocenters. The van der Waals surface area contributed by atoms with Crippen molar-refractivity contribution in [1.29, 1.82) is 0 Å². The molecule has 0 amide bonds. The summed E-state index contributed by atoms with van der Waals surface area (Å²) in [5.74, 6) is 0. The molecule has 0 spiro atoms. The summed E-state index contributed by atoms with van der Waals surface area (Å²) in [6, 6.07) is 0.543. The number of nitrogens with zero attached hydrogens (tertiary/aromatic N) is 2. The molecule has 0 radical (unpaired) electrons. The van der Waals surface area contributed by atoms with Crippen molar-refractivity contribution in [3.05, 3.63) is 0 Å². The number of likely N-dealkylation sites (N-methyl/N-ethyl adjacent to an activating group) is 1. The van der Waals surface area contributed by atoms with E-state index in [-0.39, 0.29) is 5.54 Å². The van der Waals surface area contributed by atoms with Crippen LogP contribution in [0.3, 0.4) is 0 Å². The van der Waals surface area contributed by atoms with Crippen LogP contribution >= 0.6 is 0 Å². The number of ether oxygens (including phenoxy) is 1. The molecule has 4 heteroatoms. The van der Waals surface area contributed by atoms with E-state index in [4.69, 9.17) is 10.5 Å². The van der Waals surface area contributed by atoms with Crippen LogP contribution < -0.4 is 5.73 Å². The van der Waals surface area contributed by atoms with Crippen molar-refractivity contribution in [2.24, 2.45) is 5.73 Å². The highest BCUT2D eigenvalue weighted by molar-refractivity contribution is 4.80. The van der Waals surface area contributed by atoms with Crippen molar-refractivity contribution in [3.8, 4) is 0 Å². The second-order valence-corrected chi connectivity index (χ2v) is 5.67. The van der Waals surface area contributed by atoms with Gasteiger partial charge in [-0.05, 0) is 27.8 Å². The molecule has 1 rings (SSSR count). The molecule has 1 fully saturated rings. The molecule has 1 saturated heterocycles. The largest absolute Gasteiger partial charge is 0.379 e. The molecule has 4 nitrogen and oxygen atoms in total. The molecule has 2 N–H and O–H groups in total. The molecular weight excluding hydrogens is 202 g/mol. The van der Waals surface area contributed by atoms with E-state index < -0.39 is 0 Å². The van der Waals surface area contributed by atoms with Crippen molar-refractivity contribution in [2.45, 2.75) is 32.4 Å². The van der Waals surface area contributed by atoms with Crippen molar-refractivity contribution in [2.75, 3.05) is 46.4 Å². The second-order valence-electron chi connectivity index (χ2n) is 5.67. The van der Waals surface area contributed by atoms with Gasteiger partial charge in [-0.2, -0.15) is 0 Å². The Bertz CT molecular complexity index is 197. The fourth-order valence-electron chi connectivity index (χ4n) is 2.10. The van der Waals surface area contributed by atoms with Gasteiger partial charge in [0.1, 0.15) is 0 Å². The molecular formula is C12H27N3O. The van der Waals surface area contributed by atoms with Crippen LogP contribution in [0.5, 0.6) is 0 Å². The van der Waals surface area contributed by atoms with Crippen LogP contribution in [-0.4, -0.2) is 67.8 Å². The van der Waals surface area contributed by atoms with Gasteiger partial charge in [-0.1, -0.05) is 0 Å². The molecule has 1 heterocycles. The lowest BCUT2D eigenvalue weighted by molar-refractivity contribution is 0.0255. The summed E-state index contributed by atoms with van der Waals surface area (Å²) in [6.07, 6.45) is 0. The first-order valence-electron chi connectivity index (χ1n) is 6.18. The number of nitrogens with two attached hydrogens (primary N) is 1. The van der Waals surface area contributed by atoms with E-state index >= 15 is 0 Å². The fraction of sp³-hybridized carbons (Fsp3) is 1.00. The van der Waals surface area contributed by atoms with E-state index in [1.165, 1.54) is 0 Å². The Morgan fingerprint density at radius 3 is 2.44 bits per heavy atom. The third kappa shape index (κ3) is 5.25. The van der Waals surface area contributed by atoms with Crippen LogP contribution in [0.4, 0.5) is 0 Å². The first-order chi connectivity index (χ1) is 7.38. The first-order valence-corrected chi connectivity index (χ1v) is 6.18. The van der Waals surface area contributed by atoms with Gasteiger partial charge in [0, 0.05) is 37.8 Å². The van der Waals surface area contributed by atoms with Crippen molar-refractivity contribution < 1.29 is 4.74 Å². The Kier molecular flexibility index (Phi) is 5.18. The van der Waals surface area contributed by atoms with Gasteiger partial charge >= 0.3 is 0 Å².